The average Bonchev–Trinajstić information content (AvgIpc) is 3.83. The molecule has 0 aliphatic heterocycles. The molecule has 6 atom stereocenters. The lowest BCUT2D eigenvalue weighted by atomic mass is 9.89. The Labute approximate surface area is 266 Å². The zero-order chi connectivity index (χ0) is 32.9. The van der Waals surface area contributed by atoms with Crippen LogP contribution in [0.4, 0.5) is 28.4 Å². The van der Waals surface area contributed by atoms with Crippen molar-refractivity contribution in [2.75, 3.05) is 41.9 Å². The smallest absolute Gasteiger partial charge is 0.423 e. The largest absolute Gasteiger partial charge is 0.462 e. The van der Waals surface area contributed by atoms with Gasteiger partial charge in [-0.3, -0.25) is 0 Å². The summed E-state index contributed by atoms with van der Waals surface area (Å²) in [7, 11) is 0. The van der Waals surface area contributed by atoms with Gasteiger partial charge in [-0.15, -0.1) is 0 Å². The van der Waals surface area contributed by atoms with Crippen molar-refractivity contribution in [3.63, 3.8) is 0 Å². The molecule has 2 aromatic carbocycles. The van der Waals surface area contributed by atoms with Crippen LogP contribution in [0.15, 0.2) is 12.1 Å². The summed E-state index contributed by atoms with van der Waals surface area (Å²) >= 11 is 0. The van der Waals surface area contributed by atoms with E-state index < -0.39 is 35.4 Å². The molecule has 4 aliphatic rings. The minimum atomic E-state index is -1.57. The SMILES string of the molecule is Cc1cc(N)c(OC(=O)C(=O)Oc2c(N)cc(N)c(N)c2C(=O)OCC2CC3CCC2C3)c(C(=O)OCC2CC3CCC2C3)c1N. The summed E-state index contributed by atoms with van der Waals surface area (Å²) in [6, 6.07) is 2.60. The van der Waals surface area contributed by atoms with Gasteiger partial charge in [-0.25, -0.2) is 19.2 Å². The number of carbonyl (C=O) groups excluding carboxylic acids is 4. The first kappa shape index (κ1) is 31.3. The maximum absolute atomic E-state index is 13.3. The third kappa shape index (κ3) is 5.85. The fourth-order valence-corrected chi connectivity index (χ4v) is 8.13. The Morgan fingerprint density at radius 2 is 1.09 bits per heavy atom. The van der Waals surface area contributed by atoms with E-state index >= 15 is 0 Å². The van der Waals surface area contributed by atoms with E-state index in [4.69, 9.17) is 47.6 Å². The predicted octanol–water partition coefficient (Wildman–Crippen LogP) is 3.60. The second-order valence-electron chi connectivity index (χ2n) is 13.4. The highest BCUT2D eigenvalue weighted by Crippen LogP contribution is 2.49. The fraction of sp³-hybridized carbons (Fsp3) is 0.515. The number of nitrogen functional groups attached to an aromatic ring is 5. The van der Waals surface area contributed by atoms with E-state index in [9.17, 15) is 19.2 Å². The highest BCUT2D eigenvalue weighted by molar-refractivity contribution is 6.31. The van der Waals surface area contributed by atoms with Crippen molar-refractivity contribution >= 4 is 52.3 Å². The van der Waals surface area contributed by atoms with Crippen LogP contribution in [-0.4, -0.2) is 37.1 Å². The lowest BCUT2D eigenvalue weighted by Crippen LogP contribution is -2.29. The van der Waals surface area contributed by atoms with Gasteiger partial charge in [-0.05, 0) is 98.7 Å². The molecule has 6 unspecified atom stereocenters. The highest BCUT2D eigenvalue weighted by Gasteiger charge is 2.41. The van der Waals surface area contributed by atoms with Crippen LogP contribution in [0.25, 0.3) is 0 Å². The van der Waals surface area contributed by atoms with Crippen molar-refractivity contribution in [2.24, 2.45) is 35.5 Å². The van der Waals surface area contributed by atoms with E-state index in [0.29, 0.717) is 29.2 Å². The van der Waals surface area contributed by atoms with Crippen molar-refractivity contribution in [3.8, 4) is 11.5 Å². The highest BCUT2D eigenvalue weighted by atomic mass is 16.6. The van der Waals surface area contributed by atoms with E-state index in [-0.39, 0.29) is 64.6 Å². The Morgan fingerprint density at radius 3 is 1.52 bits per heavy atom. The molecule has 6 rings (SSSR count). The van der Waals surface area contributed by atoms with Gasteiger partial charge in [0.2, 0.25) is 0 Å². The Morgan fingerprint density at radius 1 is 0.630 bits per heavy atom. The zero-order valence-corrected chi connectivity index (χ0v) is 25.8. The van der Waals surface area contributed by atoms with Crippen LogP contribution in [0.3, 0.4) is 0 Å². The zero-order valence-electron chi connectivity index (χ0n) is 25.8. The molecule has 4 aliphatic carbocycles. The molecule has 0 heterocycles. The summed E-state index contributed by atoms with van der Waals surface area (Å²) in [6.45, 7) is 1.99. The monoisotopic (exact) mass is 635 g/mol. The summed E-state index contributed by atoms with van der Waals surface area (Å²) in [4.78, 5) is 52.6. The Hall–Kier alpha value is -4.68. The number of hydrogen-bond donors (Lipinski definition) is 5. The van der Waals surface area contributed by atoms with E-state index in [0.717, 1.165) is 38.5 Å². The number of nitrogens with two attached hydrogens (primary N) is 5. The van der Waals surface area contributed by atoms with E-state index in [1.165, 1.54) is 25.0 Å². The van der Waals surface area contributed by atoms with E-state index in [1.807, 2.05) is 0 Å². The number of fused-ring (bicyclic) bond motifs is 4. The number of hydrogen-bond acceptors (Lipinski definition) is 13. The van der Waals surface area contributed by atoms with Gasteiger partial charge in [0.25, 0.3) is 0 Å². The average molecular weight is 636 g/mol. The summed E-state index contributed by atoms with van der Waals surface area (Å²) < 4.78 is 21.7. The van der Waals surface area contributed by atoms with Gasteiger partial charge in [0, 0.05) is 0 Å². The summed E-state index contributed by atoms with van der Waals surface area (Å²) in [5.41, 5.74) is 29.6. The van der Waals surface area contributed by atoms with Gasteiger partial charge in [0.05, 0.1) is 41.7 Å². The molecular weight excluding hydrogens is 594 g/mol. The lowest BCUT2D eigenvalue weighted by molar-refractivity contribution is -0.156. The molecule has 10 N–H and O–H groups in total. The van der Waals surface area contributed by atoms with Gasteiger partial charge >= 0.3 is 23.9 Å². The first-order valence-corrected chi connectivity index (χ1v) is 15.8. The van der Waals surface area contributed by atoms with Gasteiger partial charge < -0.3 is 47.6 Å². The molecule has 0 amide bonds. The van der Waals surface area contributed by atoms with Crippen LogP contribution in [0.2, 0.25) is 0 Å². The van der Waals surface area contributed by atoms with Gasteiger partial charge in [-0.1, -0.05) is 12.8 Å². The first-order chi connectivity index (χ1) is 21.9. The lowest BCUT2D eigenvalue weighted by Gasteiger charge is -2.22. The van der Waals surface area contributed by atoms with Gasteiger partial charge in [0.15, 0.2) is 11.5 Å². The molecule has 246 valence electrons. The molecule has 0 aromatic heterocycles. The number of rotatable bonds is 8. The third-order valence-corrected chi connectivity index (χ3v) is 10.5. The quantitative estimate of drug-likeness (QED) is 0.121. The minimum Gasteiger partial charge on any atom is -0.462 e. The number of ether oxygens (including phenoxy) is 4. The third-order valence-electron chi connectivity index (χ3n) is 10.5. The first-order valence-electron chi connectivity index (χ1n) is 15.8. The standard InChI is InChI=1S/C33H41N5O8/c1-14-6-22(35)28(24(26(14)37)30(39)43-12-19-9-15-2-4-17(19)7-15)45-32(41)33(42)46-29-23(36)11-21(34)27(38)25(29)31(40)44-13-20-10-16-3-5-18(20)8-16/h6,11,15-20H,2-5,7-10,12-13,34-38H2,1H3. The fourth-order valence-electron chi connectivity index (χ4n) is 8.13. The summed E-state index contributed by atoms with van der Waals surface area (Å²) in [6.07, 6.45) is 8.83. The van der Waals surface area contributed by atoms with E-state index in [2.05, 4.69) is 0 Å². The molecule has 4 bridgehead atoms. The molecule has 0 spiro atoms. The van der Waals surface area contributed by atoms with Gasteiger partial charge in [0.1, 0.15) is 11.1 Å². The molecule has 46 heavy (non-hydrogen) atoms. The second-order valence-corrected chi connectivity index (χ2v) is 13.4. The second kappa shape index (κ2) is 12.3. The van der Waals surface area contributed by atoms with Crippen LogP contribution in [0.5, 0.6) is 11.5 Å². The molecule has 0 radical (unpaired) electrons. The molecule has 2 aromatic rings. The van der Waals surface area contributed by atoms with Crippen molar-refractivity contribution in [3.05, 3.63) is 28.8 Å². The molecule has 13 heteroatoms. The maximum atomic E-state index is 13.3. The Balaban J connectivity index is 1.17. The maximum Gasteiger partial charge on any atom is 0.423 e. The van der Waals surface area contributed by atoms with Crippen LogP contribution in [0, 0.1) is 42.4 Å². The summed E-state index contributed by atoms with van der Waals surface area (Å²) in [5.74, 6) is -3.02. The molecular formula is C33H41N5O8. The molecule has 0 saturated heterocycles. The van der Waals surface area contributed by atoms with Crippen molar-refractivity contribution in [1.82, 2.24) is 0 Å². The number of anilines is 5. The van der Waals surface area contributed by atoms with Crippen LogP contribution in [0.1, 0.15) is 77.6 Å². The number of benzene rings is 2. The van der Waals surface area contributed by atoms with Crippen LogP contribution >= 0.6 is 0 Å². The van der Waals surface area contributed by atoms with Crippen molar-refractivity contribution < 1.29 is 38.1 Å². The minimum absolute atomic E-state index is 0.0145. The number of esters is 4. The Kier molecular flexibility index (Phi) is 8.34. The molecule has 4 saturated carbocycles. The van der Waals surface area contributed by atoms with Crippen LogP contribution < -0.4 is 38.1 Å². The van der Waals surface area contributed by atoms with Crippen molar-refractivity contribution in [2.45, 2.75) is 58.3 Å². The normalized spacial score (nSPS) is 25.8. The van der Waals surface area contributed by atoms with E-state index in [1.54, 1.807) is 6.92 Å². The Bertz CT molecular complexity index is 1490. The number of carbonyl (C=O) groups is 4. The molecule has 4 fully saturated rings. The van der Waals surface area contributed by atoms with Crippen LogP contribution in [-0.2, 0) is 19.1 Å². The van der Waals surface area contributed by atoms with Gasteiger partial charge in [-0.2, -0.15) is 0 Å². The van der Waals surface area contributed by atoms with Crippen molar-refractivity contribution in [1.29, 1.82) is 0 Å². The summed E-state index contributed by atoms with van der Waals surface area (Å²) in [5, 5.41) is 0. The topological polar surface area (TPSA) is 235 Å². The number of aryl methyl sites for hydroxylation is 1. The predicted molar refractivity (Wildman–Crippen MR) is 169 cm³/mol. The molecule has 13 nitrogen and oxygen atoms in total.